The lowest BCUT2D eigenvalue weighted by atomic mass is 9.84. The average molecular weight is 327 g/mol. The molecule has 0 radical (unpaired) electrons. The minimum absolute atomic E-state index is 0.0568. The molecule has 0 spiro atoms. The van der Waals surface area contributed by atoms with Gasteiger partial charge >= 0.3 is 0 Å². The minimum atomic E-state index is -3.76. The van der Waals surface area contributed by atoms with Crippen LogP contribution in [-0.2, 0) is 10.0 Å². The first kappa shape index (κ1) is 15.3. The largest absolute Gasteiger partial charge is 0.289 e. The summed E-state index contributed by atoms with van der Waals surface area (Å²) in [6, 6.07) is 10.5. The van der Waals surface area contributed by atoms with Crippen LogP contribution in [0.3, 0.4) is 0 Å². The van der Waals surface area contributed by atoms with Gasteiger partial charge in [-0.2, -0.15) is 0 Å². The molecule has 0 atom stereocenters. The van der Waals surface area contributed by atoms with Gasteiger partial charge in [-0.05, 0) is 18.2 Å². The number of hydrogen-bond acceptors (Lipinski definition) is 4. The maximum atomic E-state index is 12.6. The van der Waals surface area contributed by atoms with Gasteiger partial charge in [0, 0.05) is 28.8 Å². The van der Waals surface area contributed by atoms with Crippen LogP contribution in [-0.4, -0.2) is 26.5 Å². The number of benzene rings is 2. The van der Waals surface area contributed by atoms with Gasteiger partial charge in [0.25, 0.3) is 0 Å². The summed E-state index contributed by atoms with van der Waals surface area (Å²) >= 11 is 0. The predicted octanol–water partition coefficient (Wildman–Crippen LogP) is 1.93. The molecule has 0 saturated carbocycles. The quantitative estimate of drug-likeness (QED) is 0.743. The van der Waals surface area contributed by atoms with Crippen LogP contribution in [0.2, 0.25) is 0 Å². The van der Waals surface area contributed by atoms with Gasteiger partial charge in [0.1, 0.15) is 0 Å². The average Bonchev–Trinajstić information content (AvgIpc) is 2.57. The fraction of sp³-hybridized carbons (Fsp3) is 0.0588. The normalized spacial score (nSPS) is 13.4. The number of ketones is 2. The van der Waals surface area contributed by atoms with Crippen molar-refractivity contribution >= 4 is 21.6 Å². The minimum Gasteiger partial charge on any atom is -0.289 e. The summed E-state index contributed by atoms with van der Waals surface area (Å²) in [7, 11) is -3.76. The van der Waals surface area contributed by atoms with Gasteiger partial charge in [0.15, 0.2) is 11.6 Å². The Bertz CT molecular complexity index is 945. The Morgan fingerprint density at radius 3 is 2.09 bits per heavy atom. The molecule has 3 rings (SSSR count). The Labute approximate surface area is 133 Å². The Morgan fingerprint density at radius 1 is 0.913 bits per heavy atom. The maximum Gasteiger partial charge on any atom is 0.240 e. The summed E-state index contributed by atoms with van der Waals surface area (Å²) in [4.78, 5) is 25.0. The van der Waals surface area contributed by atoms with Crippen molar-refractivity contribution in [3.05, 3.63) is 77.4 Å². The van der Waals surface area contributed by atoms with Crippen LogP contribution in [0.25, 0.3) is 0 Å². The molecule has 0 heterocycles. The molecule has 0 saturated heterocycles. The van der Waals surface area contributed by atoms with Gasteiger partial charge < -0.3 is 0 Å². The molecule has 2 aromatic carbocycles. The summed E-state index contributed by atoms with van der Waals surface area (Å²) in [6.07, 6.45) is 1.42. The molecule has 0 unspecified atom stereocenters. The molecule has 23 heavy (non-hydrogen) atoms. The number of rotatable bonds is 4. The van der Waals surface area contributed by atoms with Gasteiger partial charge in [-0.3, -0.25) is 9.59 Å². The third kappa shape index (κ3) is 2.52. The van der Waals surface area contributed by atoms with E-state index in [1.165, 1.54) is 24.3 Å². The Hall–Kier alpha value is -2.57. The summed E-state index contributed by atoms with van der Waals surface area (Å²) in [5.41, 5.74) is 0.954. The summed E-state index contributed by atoms with van der Waals surface area (Å²) in [5, 5.41) is 0. The lowest BCUT2D eigenvalue weighted by Crippen LogP contribution is -2.25. The van der Waals surface area contributed by atoms with Crippen molar-refractivity contribution in [2.24, 2.45) is 0 Å². The lowest BCUT2D eigenvalue weighted by molar-refractivity contribution is 0.0979. The molecular formula is C17H13NO4S. The number of hydrogen-bond donors (Lipinski definition) is 1. The van der Waals surface area contributed by atoms with E-state index >= 15 is 0 Å². The van der Waals surface area contributed by atoms with Crippen molar-refractivity contribution in [1.82, 2.24) is 4.72 Å². The van der Waals surface area contributed by atoms with Crippen LogP contribution in [0.5, 0.6) is 0 Å². The molecule has 0 aliphatic heterocycles. The molecule has 1 aliphatic carbocycles. The van der Waals surface area contributed by atoms with Crippen molar-refractivity contribution in [3.8, 4) is 0 Å². The Morgan fingerprint density at radius 2 is 1.48 bits per heavy atom. The van der Waals surface area contributed by atoms with E-state index in [1.54, 1.807) is 24.3 Å². The highest BCUT2D eigenvalue weighted by Crippen LogP contribution is 2.28. The van der Waals surface area contributed by atoms with E-state index < -0.39 is 10.0 Å². The van der Waals surface area contributed by atoms with Crippen LogP contribution in [0.1, 0.15) is 31.8 Å². The first-order chi connectivity index (χ1) is 11.0. The van der Waals surface area contributed by atoms with Gasteiger partial charge in [0.05, 0.1) is 4.90 Å². The summed E-state index contributed by atoms with van der Waals surface area (Å²) < 4.78 is 26.6. The summed E-state index contributed by atoms with van der Waals surface area (Å²) in [5.74, 6) is -0.630. The van der Waals surface area contributed by atoms with Crippen molar-refractivity contribution < 1.29 is 18.0 Å². The zero-order valence-corrected chi connectivity index (χ0v) is 12.9. The van der Waals surface area contributed by atoms with E-state index in [-0.39, 0.29) is 34.1 Å². The standard InChI is InChI=1S/C17H13NO4S/c1-2-9-18-23(21,22)11-7-8-14-15(10-11)17(20)13-6-4-3-5-12(13)16(14)19/h2-8,10,18H,1,9H2. The molecule has 2 aromatic rings. The number of nitrogens with one attached hydrogen (secondary N) is 1. The van der Waals surface area contributed by atoms with Crippen molar-refractivity contribution in [2.75, 3.05) is 6.54 Å². The fourth-order valence-electron chi connectivity index (χ4n) is 2.50. The van der Waals surface area contributed by atoms with Crippen LogP contribution in [0.4, 0.5) is 0 Å². The summed E-state index contributed by atoms with van der Waals surface area (Å²) in [6.45, 7) is 3.53. The lowest BCUT2D eigenvalue weighted by Gasteiger charge is -2.18. The van der Waals surface area contributed by atoms with Crippen molar-refractivity contribution in [1.29, 1.82) is 0 Å². The Kier molecular flexibility index (Phi) is 3.71. The second kappa shape index (κ2) is 5.57. The first-order valence-electron chi connectivity index (χ1n) is 6.89. The predicted molar refractivity (Wildman–Crippen MR) is 85.1 cm³/mol. The molecule has 6 heteroatoms. The monoisotopic (exact) mass is 327 g/mol. The second-order valence-corrected chi connectivity index (χ2v) is 6.82. The topological polar surface area (TPSA) is 80.3 Å². The van der Waals surface area contributed by atoms with E-state index in [0.29, 0.717) is 11.1 Å². The van der Waals surface area contributed by atoms with Crippen molar-refractivity contribution in [2.45, 2.75) is 4.90 Å². The number of carbonyl (C=O) groups excluding carboxylic acids is 2. The number of fused-ring (bicyclic) bond motifs is 2. The molecule has 1 N–H and O–H groups in total. The van der Waals surface area contributed by atoms with Crippen LogP contribution in [0.15, 0.2) is 60.0 Å². The van der Waals surface area contributed by atoms with Crippen molar-refractivity contribution in [3.63, 3.8) is 0 Å². The highest BCUT2D eigenvalue weighted by atomic mass is 32.2. The fourth-order valence-corrected chi connectivity index (χ4v) is 3.52. The maximum absolute atomic E-state index is 12.6. The van der Waals surface area contributed by atoms with Crippen LogP contribution in [0, 0.1) is 0 Å². The molecule has 0 fully saturated rings. The molecule has 0 bridgehead atoms. The molecule has 116 valence electrons. The van der Waals surface area contributed by atoms with E-state index in [1.807, 2.05) is 0 Å². The third-order valence-corrected chi connectivity index (χ3v) is 5.05. The van der Waals surface area contributed by atoms with E-state index in [4.69, 9.17) is 0 Å². The molecular weight excluding hydrogens is 314 g/mol. The zero-order valence-electron chi connectivity index (χ0n) is 12.1. The SMILES string of the molecule is C=CCNS(=O)(=O)c1ccc2c(c1)C(=O)c1ccccc1C2=O. The van der Waals surface area contributed by atoms with Crippen LogP contribution < -0.4 is 4.72 Å². The van der Waals surface area contributed by atoms with Gasteiger partial charge in [-0.15, -0.1) is 6.58 Å². The van der Waals surface area contributed by atoms with E-state index in [2.05, 4.69) is 11.3 Å². The number of sulfonamides is 1. The second-order valence-electron chi connectivity index (χ2n) is 5.05. The third-order valence-electron chi connectivity index (χ3n) is 3.62. The van der Waals surface area contributed by atoms with Crippen LogP contribution >= 0.6 is 0 Å². The smallest absolute Gasteiger partial charge is 0.240 e. The number of carbonyl (C=O) groups is 2. The highest BCUT2D eigenvalue weighted by Gasteiger charge is 2.30. The molecule has 0 aromatic heterocycles. The Balaban J connectivity index is 2.13. The van der Waals surface area contributed by atoms with Gasteiger partial charge in [-0.25, -0.2) is 13.1 Å². The zero-order chi connectivity index (χ0) is 16.6. The molecule has 0 amide bonds. The molecule has 1 aliphatic rings. The first-order valence-corrected chi connectivity index (χ1v) is 8.37. The highest BCUT2D eigenvalue weighted by molar-refractivity contribution is 7.89. The molecule has 5 nitrogen and oxygen atoms in total. The van der Waals surface area contributed by atoms with Gasteiger partial charge in [0.2, 0.25) is 10.0 Å². The van der Waals surface area contributed by atoms with Gasteiger partial charge in [-0.1, -0.05) is 30.3 Å². The van der Waals surface area contributed by atoms with E-state index in [9.17, 15) is 18.0 Å². The van der Waals surface area contributed by atoms with E-state index in [0.717, 1.165) is 0 Å².